The number of nitrogens with zero attached hydrogens (tertiary/aromatic N) is 2. The summed E-state index contributed by atoms with van der Waals surface area (Å²) in [5.41, 5.74) is 1.46. The third kappa shape index (κ3) is 4.72. The van der Waals surface area contributed by atoms with Crippen molar-refractivity contribution in [1.29, 1.82) is 0 Å². The molecule has 8 nitrogen and oxygen atoms in total. The lowest BCUT2D eigenvalue weighted by molar-refractivity contribution is -0.385. The van der Waals surface area contributed by atoms with Crippen LogP contribution in [0, 0.1) is 24.0 Å². The third-order valence-corrected chi connectivity index (χ3v) is 6.55. The van der Waals surface area contributed by atoms with E-state index in [9.17, 15) is 23.3 Å². The van der Waals surface area contributed by atoms with Crippen molar-refractivity contribution in [2.45, 2.75) is 18.7 Å². The summed E-state index contributed by atoms with van der Waals surface area (Å²) in [4.78, 5) is 23.5. The number of nitro benzene ring substituents is 1. The molecule has 0 radical (unpaired) electrons. The van der Waals surface area contributed by atoms with Crippen LogP contribution in [0.25, 0.3) is 0 Å². The van der Waals surface area contributed by atoms with Gasteiger partial charge in [-0.3, -0.25) is 19.2 Å². The van der Waals surface area contributed by atoms with Crippen LogP contribution in [0.15, 0.2) is 77.7 Å². The van der Waals surface area contributed by atoms with E-state index in [2.05, 4.69) is 5.32 Å². The highest BCUT2D eigenvalue weighted by Crippen LogP contribution is 2.28. The number of sulfonamides is 1. The van der Waals surface area contributed by atoms with Gasteiger partial charge in [-0.15, -0.1) is 0 Å². The van der Waals surface area contributed by atoms with Gasteiger partial charge in [-0.1, -0.05) is 42.5 Å². The van der Waals surface area contributed by atoms with Crippen LogP contribution in [0.5, 0.6) is 0 Å². The molecule has 3 aromatic carbocycles. The zero-order chi connectivity index (χ0) is 22.6. The number of para-hydroxylation sites is 1. The molecule has 0 aliphatic heterocycles. The molecule has 0 aromatic heterocycles. The second kappa shape index (κ2) is 8.97. The summed E-state index contributed by atoms with van der Waals surface area (Å²) in [5, 5.41) is 13.8. The SMILES string of the molecule is Cc1ccccc1N(CC(=O)Nc1cccc([N+](=O)[O-])c1C)S(=O)(=O)c1ccccc1. The van der Waals surface area contributed by atoms with E-state index >= 15 is 0 Å². The van der Waals surface area contributed by atoms with Crippen LogP contribution in [0.2, 0.25) is 0 Å². The maximum atomic E-state index is 13.3. The standard InChI is InChI=1S/C22H21N3O5S/c1-16-9-6-7-13-20(16)24(31(29,30)18-10-4-3-5-11-18)15-22(26)23-19-12-8-14-21(17(19)2)25(27)28/h3-14H,15H2,1-2H3,(H,23,26). The van der Waals surface area contributed by atoms with Crippen LogP contribution in [0.1, 0.15) is 11.1 Å². The van der Waals surface area contributed by atoms with Gasteiger partial charge in [0, 0.05) is 6.07 Å². The summed E-state index contributed by atoms with van der Waals surface area (Å²) in [6.07, 6.45) is 0. The van der Waals surface area contributed by atoms with Gasteiger partial charge in [0.2, 0.25) is 5.91 Å². The second-order valence-corrected chi connectivity index (χ2v) is 8.73. The summed E-state index contributed by atoms with van der Waals surface area (Å²) >= 11 is 0. The molecule has 3 rings (SSSR count). The number of rotatable bonds is 7. The number of hydrogen-bond acceptors (Lipinski definition) is 5. The van der Waals surface area contributed by atoms with Crippen molar-refractivity contribution in [3.63, 3.8) is 0 Å². The van der Waals surface area contributed by atoms with Crippen molar-refractivity contribution in [2.24, 2.45) is 0 Å². The highest BCUT2D eigenvalue weighted by atomic mass is 32.2. The Labute approximate surface area is 180 Å². The molecule has 0 bridgehead atoms. The zero-order valence-electron chi connectivity index (χ0n) is 17.0. The van der Waals surface area contributed by atoms with Gasteiger partial charge < -0.3 is 5.32 Å². The number of hydrogen-bond donors (Lipinski definition) is 1. The van der Waals surface area contributed by atoms with Crippen LogP contribution in [-0.2, 0) is 14.8 Å². The highest BCUT2D eigenvalue weighted by molar-refractivity contribution is 7.92. The average Bonchev–Trinajstić information content (AvgIpc) is 2.74. The number of anilines is 2. The molecule has 1 N–H and O–H groups in total. The number of amides is 1. The summed E-state index contributed by atoms with van der Waals surface area (Å²) in [7, 11) is -4.03. The predicted octanol–water partition coefficient (Wildman–Crippen LogP) is 4.05. The van der Waals surface area contributed by atoms with Gasteiger partial charge >= 0.3 is 0 Å². The molecular formula is C22H21N3O5S. The maximum Gasteiger partial charge on any atom is 0.274 e. The minimum absolute atomic E-state index is 0.0533. The van der Waals surface area contributed by atoms with E-state index in [1.165, 1.54) is 37.3 Å². The fourth-order valence-corrected chi connectivity index (χ4v) is 4.65. The number of nitro groups is 1. The Bertz CT molecular complexity index is 1230. The Morgan fingerprint density at radius 2 is 1.61 bits per heavy atom. The fraction of sp³-hybridized carbons (Fsp3) is 0.136. The third-order valence-electron chi connectivity index (χ3n) is 4.78. The molecule has 0 fully saturated rings. The number of benzene rings is 3. The molecule has 0 aliphatic rings. The summed E-state index contributed by atoms with van der Waals surface area (Å²) in [6.45, 7) is 2.78. The van der Waals surface area contributed by atoms with Crippen LogP contribution < -0.4 is 9.62 Å². The Kier molecular flexibility index (Phi) is 6.36. The van der Waals surface area contributed by atoms with Crippen molar-refractivity contribution in [3.05, 3.63) is 94.0 Å². The molecule has 0 spiro atoms. The first-order valence-electron chi connectivity index (χ1n) is 9.39. The lowest BCUT2D eigenvalue weighted by Crippen LogP contribution is -2.38. The summed E-state index contributed by atoms with van der Waals surface area (Å²) in [5.74, 6) is -0.619. The van der Waals surface area contributed by atoms with Crippen LogP contribution in [0.4, 0.5) is 17.1 Å². The molecule has 0 aliphatic carbocycles. The normalized spacial score (nSPS) is 11.0. The van der Waals surface area contributed by atoms with Gasteiger partial charge in [-0.25, -0.2) is 8.42 Å². The highest BCUT2D eigenvalue weighted by Gasteiger charge is 2.28. The van der Waals surface area contributed by atoms with Gasteiger partial charge in [-0.05, 0) is 43.7 Å². The Balaban J connectivity index is 1.97. The van der Waals surface area contributed by atoms with Gasteiger partial charge in [0.15, 0.2) is 0 Å². The molecule has 0 saturated carbocycles. The predicted molar refractivity (Wildman–Crippen MR) is 119 cm³/mol. The Morgan fingerprint density at radius 1 is 0.968 bits per heavy atom. The number of carbonyl (C=O) groups excluding carboxylic acids is 1. The van der Waals surface area contributed by atoms with Crippen molar-refractivity contribution in [1.82, 2.24) is 0 Å². The number of aryl methyl sites for hydroxylation is 1. The first kappa shape index (κ1) is 22.0. The Morgan fingerprint density at radius 3 is 2.26 bits per heavy atom. The van der Waals surface area contributed by atoms with Crippen molar-refractivity contribution >= 4 is 33.0 Å². The minimum atomic E-state index is -4.03. The molecule has 9 heteroatoms. The second-order valence-electron chi connectivity index (χ2n) is 6.87. The number of carbonyl (C=O) groups is 1. The van der Waals surface area contributed by atoms with Crippen molar-refractivity contribution in [3.8, 4) is 0 Å². The smallest absolute Gasteiger partial charge is 0.274 e. The summed E-state index contributed by atoms with van der Waals surface area (Å²) < 4.78 is 27.7. The lowest BCUT2D eigenvalue weighted by atomic mass is 10.1. The Hall–Kier alpha value is -3.72. The van der Waals surface area contributed by atoms with E-state index in [0.717, 1.165) is 4.31 Å². The quantitative estimate of drug-likeness (QED) is 0.441. The molecule has 31 heavy (non-hydrogen) atoms. The molecule has 0 saturated heterocycles. The van der Waals surface area contributed by atoms with Gasteiger partial charge in [-0.2, -0.15) is 0 Å². The zero-order valence-corrected chi connectivity index (χ0v) is 17.8. The summed E-state index contributed by atoms with van der Waals surface area (Å²) in [6, 6.07) is 19.0. The monoisotopic (exact) mass is 439 g/mol. The first-order chi connectivity index (χ1) is 14.7. The average molecular weight is 439 g/mol. The van der Waals surface area contributed by atoms with Gasteiger partial charge in [0.05, 0.1) is 26.8 Å². The first-order valence-corrected chi connectivity index (χ1v) is 10.8. The van der Waals surface area contributed by atoms with Crippen LogP contribution in [-0.4, -0.2) is 25.8 Å². The van der Waals surface area contributed by atoms with Gasteiger partial charge in [0.1, 0.15) is 6.54 Å². The van der Waals surface area contributed by atoms with Gasteiger partial charge in [0.25, 0.3) is 15.7 Å². The maximum absolute atomic E-state index is 13.3. The van der Waals surface area contributed by atoms with E-state index in [1.54, 1.807) is 49.4 Å². The van der Waals surface area contributed by atoms with E-state index in [0.29, 0.717) is 11.3 Å². The van der Waals surface area contributed by atoms with Crippen LogP contribution in [0.3, 0.4) is 0 Å². The lowest BCUT2D eigenvalue weighted by Gasteiger charge is -2.25. The largest absolute Gasteiger partial charge is 0.324 e. The molecule has 160 valence electrons. The van der Waals surface area contributed by atoms with E-state index in [4.69, 9.17) is 0 Å². The molecule has 0 unspecified atom stereocenters. The molecular weight excluding hydrogens is 418 g/mol. The molecule has 0 atom stereocenters. The fourth-order valence-electron chi connectivity index (χ4n) is 3.14. The van der Waals surface area contributed by atoms with E-state index in [1.807, 2.05) is 0 Å². The number of nitrogens with one attached hydrogen (secondary N) is 1. The topological polar surface area (TPSA) is 110 Å². The molecule has 3 aromatic rings. The molecule has 0 heterocycles. The van der Waals surface area contributed by atoms with E-state index < -0.39 is 27.4 Å². The van der Waals surface area contributed by atoms with Crippen molar-refractivity contribution < 1.29 is 18.1 Å². The molecule has 1 amide bonds. The van der Waals surface area contributed by atoms with Crippen molar-refractivity contribution in [2.75, 3.05) is 16.2 Å². The minimum Gasteiger partial charge on any atom is -0.324 e. The van der Waals surface area contributed by atoms with Crippen LogP contribution >= 0.6 is 0 Å². The van der Waals surface area contributed by atoms with E-state index in [-0.39, 0.29) is 21.8 Å².